The Morgan fingerprint density at radius 1 is 1.13 bits per heavy atom. The molecule has 1 heterocycles. The fraction of sp³-hybridized carbons (Fsp3) is 0.625. The number of hydrogen-bond donors (Lipinski definition) is 0. The van der Waals surface area contributed by atoms with Gasteiger partial charge in [0.15, 0.2) is 12.1 Å². The molecule has 1 saturated heterocycles. The van der Waals surface area contributed by atoms with Crippen LogP contribution in [0.5, 0.6) is 0 Å². The lowest BCUT2D eigenvalue weighted by Gasteiger charge is -2.29. The highest BCUT2D eigenvalue weighted by Crippen LogP contribution is 2.41. The average Bonchev–Trinajstić information content (AvgIpc) is 3.45. The standard InChI is InChI=1S/C32H43FO5/c1-22(2)37-31(35)14-6-4-3-5-13-27-26(28(33)21-30(27)38-32-15-9-10-18-36-32)16-17-29(34)25-19-23-11-7-8-12-24(23)20-25/h3,5,7-8,11-12,16-17,22,25-28,30,32H,4,6,9-10,13-15,18-21H2,1-2H3/t26-,27+,28-,30+,32?/m0/s1. The van der Waals surface area contributed by atoms with Gasteiger partial charge in [0, 0.05) is 31.3 Å². The fourth-order valence-corrected chi connectivity index (χ4v) is 5.97. The molecule has 0 bridgehead atoms. The van der Waals surface area contributed by atoms with Crippen molar-refractivity contribution in [3.8, 4) is 0 Å². The second-order valence-corrected chi connectivity index (χ2v) is 11.2. The molecule has 3 aliphatic rings. The van der Waals surface area contributed by atoms with Crippen LogP contribution < -0.4 is 0 Å². The van der Waals surface area contributed by atoms with E-state index in [1.807, 2.05) is 32.1 Å². The third-order valence-corrected chi connectivity index (χ3v) is 7.94. The Morgan fingerprint density at radius 2 is 1.89 bits per heavy atom. The Bertz CT molecular complexity index is 955. The number of halogens is 1. The van der Waals surface area contributed by atoms with Gasteiger partial charge in [-0.15, -0.1) is 0 Å². The van der Waals surface area contributed by atoms with Gasteiger partial charge in [0.1, 0.15) is 6.17 Å². The van der Waals surface area contributed by atoms with Crippen molar-refractivity contribution in [1.82, 2.24) is 0 Å². The molecule has 0 amide bonds. The zero-order valence-electron chi connectivity index (χ0n) is 22.9. The van der Waals surface area contributed by atoms with Crippen molar-refractivity contribution in [2.45, 2.75) is 103 Å². The van der Waals surface area contributed by atoms with Gasteiger partial charge in [-0.3, -0.25) is 9.59 Å². The molecule has 0 aromatic heterocycles. The molecule has 1 aromatic rings. The maximum Gasteiger partial charge on any atom is 0.306 e. The molecule has 1 unspecified atom stereocenters. The number of hydrogen-bond acceptors (Lipinski definition) is 5. The summed E-state index contributed by atoms with van der Waals surface area (Å²) in [5, 5.41) is 0. The van der Waals surface area contributed by atoms with Crippen LogP contribution in [0.3, 0.4) is 0 Å². The predicted molar refractivity (Wildman–Crippen MR) is 145 cm³/mol. The predicted octanol–water partition coefficient (Wildman–Crippen LogP) is 6.48. The van der Waals surface area contributed by atoms with Crippen molar-refractivity contribution in [3.05, 3.63) is 59.7 Å². The summed E-state index contributed by atoms with van der Waals surface area (Å²) in [6.07, 6.45) is 13.2. The maximum atomic E-state index is 15.3. The van der Waals surface area contributed by atoms with Gasteiger partial charge in [0.25, 0.3) is 0 Å². The second kappa shape index (κ2) is 14.2. The molecule has 38 heavy (non-hydrogen) atoms. The number of esters is 1. The van der Waals surface area contributed by atoms with Crippen LogP contribution in [0, 0.1) is 17.8 Å². The first-order valence-electron chi connectivity index (χ1n) is 14.4. The number of benzene rings is 1. The Morgan fingerprint density at radius 3 is 2.58 bits per heavy atom. The Balaban J connectivity index is 1.35. The van der Waals surface area contributed by atoms with Crippen LogP contribution in [0.15, 0.2) is 48.6 Å². The Hall–Kier alpha value is -2.31. The number of carbonyl (C=O) groups excluding carboxylic acids is 2. The normalized spacial score (nSPS) is 27.9. The van der Waals surface area contributed by atoms with Crippen LogP contribution >= 0.6 is 0 Å². The molecule has 6 heteroatoms. The van der Waals surface area contributed by atoms with E-state index >= 15 is 4.39 Å². The lowest BCUT2D eigenvalue weighted by atomic mass is 9.89. The highest BCUT2D eigenvalue weighted by molar-refractivity contribution is 5.92. The average molecular weight is 527 g/mol. The highest BCUT2D eigenvalue weighted by Gasteiger charge is 2.43. The number of fused-ring (bicyclic) bond motifs is 1. The van der Waals surface area contributed by atoms with Crippen molar-refractivity contribution in [2.24, 2.45) is 17.8 Å². The van der Waals surface area contributed by atoms with Gasteiger partial charge in [-0.1, -0.05) is 42.5 Å². The molecule has 5 nitrogen and oxygen atoms in total. The molecule has 1 saturated carbocycles. The number of carbonyl (C=O) groups is 2. The minimum Gasteiger partial charge on any atom is -0.463 e. The Kier molecular flexibility index (Phi) is 10.7. The topological polar surface area (TPSA) is 61.8 Å². The van der Waals surface area contributed by atoms with Gasteiger partial charge < -0.3 is 14.2 Å². The monoisotopic (exact) mass is 526 g/mol. The summed E-state index contributed by atoms with van der Waals surface area (Å²) in [6, 6.07) is 8.20. The summed E-state index contributed by atoms with van der Waals surface area (Å²) in [4.78, 5) is 24.8. The first kappa shape index (κ1) is 28.7. The van der Waals surface area contributed by atoms with Crippen LogP contribution in [0.25, 0.3) is 0 Å². The molecule has 1 aliphatic heterocycles. The van der Waals surface area contributed by atoms with Crippen LogP contribution in [0.2, 0.25) is 0 Å². The summed E-state index contributed by atoms with van der Waals surface area (Å²) >= 11 is 0. The summed E-state index contributed by atoms with van der Waals surface area (Å²) in [7, 11) is 0. The zero-order valence-corrected chi connectivity index (χ0v) is 22.9. The van der Waals surface area contributed by atoms with Gasteiger partial charge in [0.05, 0.1) is 12.2 Å². The first-order valence-corrected chi connectivity index (χ1v) is 14.4. The number of allylic oxidation sites excluding steroid dienone is 4. The van der Waals surface area contributed by atoms with Crippen molar-refractivity contribution in [1.29, 1.82) is 0 Å². The zero-order chi connectivity index (χ0) is 26.9. The van der Waals surface area contributed by atoms with E-state index in [0.717, 1.165) is 44.9 Å². The minimum absolute atomic E-state index is 0.0634. The summed E-state index contributed by atoms with van der Waals surface area (Å²) in [5.41, 5.74) is 2.48. The summed E-state index contributed by atoms with van der Waals surface area (Å²) < 4.78 is 32.6. The molecule has 5 atom stereocenters. The molecule has 0 N–H and O–H groups in total. The third kappa shape index (κ3) is 8.09. The van der Waals surface area contributed by atoms with Crippen LogP contribution in [-0.2, 0) is 36.6 Å². The van der Waals surface area contributed by atoms with Crippen molar-refractivity contribution in [3.63, 3.8) is 0 Å². The number of ether oxygens (including phenoxy) is 3. The number of unbranched alkanes of at least 4 members (excludes halogenated alkanes) is 1. The van der Waals surface area contributed by atoms with Gasteiger partial charge in [-0.2, -0.15) is 0 Å². The van der Waals surface area contributed by atoms with Crippen molar-refractivity contribution in [2.75, 3.05) is 6.61 Å². The van der Waals surface area contributed by atoms with E-state index in [0.29, 0.717) is 25.9 Å². The van der Waals surface area contributed by atoms with E-state index in [-0.39, 0.29) is 48.0 Å². The van der Waals surface area contributed by atoms with Gasteiger partial charge >= 0.3 is 5.97 Å². The van der Waals surface area contributed by atoms with E-state index in [9.17, 15) is 9.59 Å². The van der Waals surface area contributed by atoms with Crippen LogP contribution in [0.4, 0.5) is 4.39 Å². The second-order valence-electron chi connectivity index (χ2n) is 11.2. The molecule has 4 rings (SSSR count). The molecule has 1 aromatic carbocycles. The SMILES string of the molecule is CC(C)OC(=O)CCCC=CC[C@@H]1[C@H](C=CC(=O)C2Cc3ccccc3C2)[C@@H](F)C[C@H]1OC1CCCCO1. The van der Waals surface area contributed by atoms with Crippen LogP contribution in [0.1, 0.15) is 76.3 Å². The van der Waals surface area contributed by atoms with E-state index in [1.165, 1.54) is 11.1 Å². The van der Waals surface area contributed by atoms with E-state index in [1.54, 1.807) is 6.08 Å². The number of rotatable bonds is 12. The highest BCUT2D eigenvalue weighted by atomic mass is 19.1. The van der Waals surface area contributed by atoms with Gasteiger partial charge in [0.2, 0.25) is 0 Å². The van der Waals surface area contributed by atoms with Gasteiger partial charge in [-0.05, 0) is 88.3 Å². The lowest BCUT2D eigenvalue weighted by Crippen LogP contribution is -2.31. The molecule has 0 radical (unpaired) electrons. The van der Waals surface area contributed by atoms with Crippen molar-refractivity contribution < 1.29 is 28.2 Å². The lowest BCUT2D eigenvalue weighted by molar-refractivity contribution is -0.195. The molecular formula is C32H43FO5. The number of alkyl halides is 1. The number of ketones is 1. The van der Waals surface area contributed by atoms with Gasteiger partial charge in [-0.25, -0.2) is 4.39 Å². The fourth-order valence-electron chi connectivity index (χ4n) is 5.97. The minimum atomic E-state index is -1.06. The first-order chi connectivity index (χ1) is 18.4. The maximum absolute atomic E-state index is 15.3. The summed E-state index contributed by atoms with van der Waals surface area (Å²) in [5.74, 6) is -0.599. The third-order valence-electron chi connectivity index (χ3n) is 7.94. The molecule has 2 fully saturated rings. The molecule has 208 valence electrons. The molecular weight excluding hydrogens is 483 g/mol. The van der Waals surface area contributed by atoms with E-state index in [4.69, 9.17) is 14.2 Å². The smallest absolute Gasteiger partial charge is 0.306 e. The molecule has 2 aliphatic carbocycles. The quantitative estimate of drug-likeness (QED) is 0.135. The largest absolute Gasteiger partial charge is 0.463 e. The van der Waals surface area contributed by atoms with E-state index in [2.05, 4.69) is 24.3 Å². The van der Waals surface area contributed by atoms with Crippen LogP contribution in [-0.4, -0.2) is 43.0 Å². The summed E-state index contributed by atoms with van der Waals surface area (Å²) in [6.45, 7) is 4.38. The Labute approximate surface area is 226 Å². The van der Waals surface area contributed by atoms with Crippen molar-refractivity contribution >= 4 is 11.8 Å². The van der Waals surface area contributed by atoms with E-state index < -0.39 is 6.17 Å². The molecule has 0 spiro atoms.